The maximum atomic E-state index is 12.3. The summed E-state index contributed by atoms with van der Waals surface area (Å²) in [5.41, 5.74) is 6.30. The number of halogens is 3. The van der Waals surface area contributed by atoms with E-state index in [0.29, 0.717) is 19.6 Å². The first-order valence-electron chi connectivity index (χ1n) is 7.62. The van der Waals surface area contributed by atoms with Crippen molar-refractivity contribution in [2.75, 3.05) is 13.2 Å². The molecule has 0 radical (unpaired) electrons. The molecule has 1 fully saturated rings. The van der Waals surface area contributed by atoms with E-state index >= 15 is 0 Å². The summed E-state index contributed by atoms with van der Waals surface area (Å²) in [6.45, 7) is 3.01. The van der Waals surface area contributed by atoms with Crippen molar-refractivity contribution < 1.29 is 32.7 Å². The summed E-state index contributed by atoms with van der Waals surface area (Å²) < 4.78 is 31.7. The predicted molar refractivity (Wildman–Crippen MR) is 83.3 cm³/mol. The molecule has 3 N–H and O–H groups in total. The largest absolute Gasteiger partial charge is 0.490 e. The van der Waals surface area contributed by atoms with Crippen molar-refractivity contribution in [3.8, 4) is 0 Å². The molecule has 25 heavy (non-hydrogen) atoms. The van der Waals surface area contributed by atoms with Crippen LogP contribution in [0, 0.1) is 0 Å². The number of carboxylic acid groups (broad SMARTS) is 1. The van der Waals surface area contributed by atoms with Crippen LogP contribution in [0.2, 0.25) is 0 Å². The van der Waals surface area contributed by atoms with Gasteiger partial charge in [0, 0.05) is 6.54 Å². The predicted octanol–water partition coefficient (Wildman–Crippen LogP) is 2.13. The topological polar surface area (TPSA) is 92.9 Å². The highest BCUT2D eigenvalue weighted by molar-refractivity contribution is 5.85. The molecule has 0 aromatic heterocycles. The van der Waals surface area contributed by atoms with Gasteiger partial charge in [-0.25, -0.2) is 9.86 Å². The average Bonchev–Trinajstić information content (AvgIpc) is 2.55. The molecule has 1 atom stereocenters. The molecule has 0 unspecified atom stereocenters. The van der Waals surface area contributed by atoms with E-state index < -0.39 is 17.7 Å². The Morgan fingerprint density at radius 3 is 2.24 bits per heavy atom. The molecule has 0 bridgehead atoms. The lowest BCUT2D eigenvalue weighted by atomic mass is 9.93. The van der Waals surface area contributed by atoms with Crippen LogP contribution in [0.1, 0.15) is 25.3 Å². The van der Waals surface area contributed by atoms with Gasteiger partial charge in [-0.15, -0.1) is 0 Å². The normalized spacial score (nSPS) is 17.1. The van der Waals surface area contributed by atoms with E-state index in [1.165, 1.54) is 5.06 Å². The molecule has 0 saturated carbocycles. The summed E-state index contributed by atoms with van der Waals surface area (Å²) in [6.07, 6.45) is -2.58. The third-order valence-electron chi connectivity index (χ3n) is 3.37. The van der Waals surface area contributed by atoms with Crippen molar-refractivity contribution in [3.63, 3.8) is 0 Å². The molecule has 1 aliphatic rings. The lowest BCUT2D eigenvalue weighted by Gasteiger charge is -2.33. The molecule has 1 aliphatic heterocycles. The second kappa shape index (κ2) is 8.82. The number of benzene rings is 1. The third-order valence-corrected chi connectivity index (χ3v) is 3.37. The first kappa shape index (κ1) is 20.9. The number of alkyl halides is 3. The summed E-state index contributed by atoms with van der Waals surface area (Å²) in [4.78, 5) is 26.6. The molecule has 6 nitrogen and oxygen atoms in total. The molecule has 1 aromatic rings. The number of hydroxylamine groups is 2. The van der Waals surface area contributed by atoms with Crippen molar-refractivity contribution in [1.29, 1.82) is 0 Å². The number of hydrogen-bond donors (Lipinski definition) is 2. The SMILES string of the molecule is C[C@](N)(Cc1ccccc1)C(=O)N1CCCCO1.O=C(O)C(F)(F)F. The van der Waals surface area contributed by atoms with E-state index in [1.807, 2.05) is 30.3 Å². The minimum Gasteiger partial charge on any atom is -0.475 e. The van der Waals surface area contributed by atoms with E-state index in [1.54, 1.807) is 6.92 Å². The summed E-state index contributed by atoms with van der Waals surface area (Å²) in [5, 5.41) is 8.55. The molecule has 2 rings (SSSR count). The summed E-state index contributed by atoms with van der Waals surface area (Å²) in [7, 11) is 0. The van der Waals surface area contributed by atoms with Gasteiger partial charge in [0.2, 0.25) is 0 Å². The number of aliphatic carboxylic acids is 1. The fraction of sp³-hybridized carbons (Fsp3) is 0.500. The third kappa shape index (κ3) is 7.10. The lowest BCUT2D eigenvalue weighted by Crippen LogP contribution is -2.55. The number of nitrogens with zero attached hydrogens (tertiary/aromatic N) is 1. The van der Waals surface area contributed by atoms with Crippen LogP contribution in [-0.2, 0) is 20.8 Å². The van der Waals surface area contributed by atoms with E-state index in [2.05, 4.69) is 0 Å². The van der Waals surface area contributed by atoms with E-state index in [9.17, 15) is 18.0 Å². The van der Waals surface area contributed by atoms with Gasteiger partial charge >= 0.3 is 12.1 Å². The Bertz CT molecular complexity index is 570. The lowest BCUT2D eigenvalue weighted by molar-refractivity contribution is -0.202. The van der Waals surface area contributed by atoms with Crippen LogP contribution in [0.3, 0.4) is 0 Å². The smallest absolute Gasteiger partial charge is 0.475 e. The number of hydrogen-bond acceptors (Lipinski definition) is 4. The molecule has 0 aliphatic carbocycles. The zero-order valence-corrected chi connectivity index (χ0v) is 13.8. The van der Waals surface area contributed by atoms with Gasteiger partial charge in [0.15, 0.2) is 0 Å². The maximum absolute atomic E-state index is 12.3. The Labute approximate surface area is 143 Å². The highest BCUT2D eigenvalue weighted by Gasteiger charge is 2.38. The van der Waals surface area contributed by atoms with Crippen molar-refractivity contribution in [2.45, 2.75) is 37.9 Å². The van der Waals surface area contributed by atoms with Crippen LogP contribution in [0.5, 0.6) is 0 Å². The molecular weight excluding hydrogens is 341 g/mol. The number of carbonyl (C=O) groups excluding carboxylic acids is 1. The molecule has 1 aromatic carbocycles. The maximum Gasteiger partial charge on any atom is 0.490 e. The molecule has 0 spiro atoms. The van der Waals surface area contributed by atoms with Crippen LogP contribution >= 0.6 is 0 Å². The second-order valence-electron chi connectivity index (χ2n) is 5.83. The number of rotatable bonds is 3. The Balaban J connectivity index is 0.000000381. The van der Waals surface area contributed by atoms with Gasteiger partial charge in [0.1, 0.15) is 0 Å². The van der Waals surface area contributed by atoms with Crippen molar-refractivity contribution in [3.05, 3.63) is 35.9 Å². The standard InChI is InChI=1S/C14H20N2O2.C2HF3O2/c1-14(15,11-12-7-3-2-4-8-12)13(17)16-9-5-6-10-18-16;3-2(4,5)1(6)7/h2-4,7-8H,5-6,9-11,15H2,1H3;(H,6,7)/t14-;/m0./s1. The van der Waals surface area contributed by atoms with Crippen molar-refractivity contribution >= 4 is 11.9 Å². The molecule has 9 heteroatoms. The number of amides is 1. The molecule has 1 heterocycles. The van der Waals surface area contributed by atoms with Crippen molar-refractivity contribution in [1.82, 2.24) is 5.06 Å². The Morgan fingerprint density at radius 1 is 1.24 bits per heavy atom. The van der Waals surface area contributed by atoms with Crippen LogP contribution in [0.15, 0.2) is 30.3 Å². The van der Waals surface area contributed by atoms with Gasteiger partial charge < -0.3 is 10.8 Å². The zero-order chi connectivity index (χ0) is 19.1. The monoisotopic (exact) mass is 362 g/mol. The molecule has 140 valence electrons. The fourth-order valence-corrected chi connectivity index (χ4v) is 2.14. The van der Waals surface area contributed by atoms with Gasteiger partial charge in [-0.05, 0) is 31.7 Å². The van der Waals surface area contributed by atoms with Gasteiger partial charge in [-0.3, -0.25) is 9.63 Å². The fourth-order valence-electron chi connectivity index (χ4n) is 2.14. The number of carboxylic acids is 1. The summed E-state index contributed by atoms with van der Waals surface area (Å²) >= 11 is 0. The Hall–Kier alpha value is -2.13. The molecule has 1 saturated heterocycles. The number of carbonyl (C=O) groups is 2. The minimum atomic E-state index is -5.08. The second-order valence-corrected chi connectivity index (χ2v) is 5.83. The van der Waals surface area contributed by atoms with E-state index in [0.717, 1.165) is 18.4 Å². The average molecular weight is 362 g/mol. The quantitative estimate of drug-likeness (QED) is 0.859. The van der Waals surface area contributed by atoms with Crippen LogP contribution in [-0.4, -0.2) is 46.9 Å². The summed E-state index contributed by atoms with van der Waals surface area (Å²) in [6, 6.07) is 9.82. The molecular formula is C16H21F3N2O4. The van der Waals surface area contributed by atoms with Crippen LogP contribution in [0.4, 0.5) is 13.2 Å². The first-order chi connectivity index (χ1) is 11.5. The highest BCUT2D eigenvalue weighted by atomic mass is 19.4. The van der Waals surface area contributed by atoms with Crippen LogP contribution < -0.4 is 5.73 Å². The Kier molecular flexibility index (Phi) is 7.38. The van der Waals surface area contributed by atoms with Gasteiger partial charge in [0.25, 0.3) is 5.91 Å². The minimum absolute atomic E-state index is 0.133. The zero-order valence-electron chi connectivity index (χ0n) is 13.8. The summed E-state index contributed by atoms with van der Waals surface area (Å²) in [5.74, 6) is -2.89. The first-order valence-corrected chi connectivity index (χ1v) is 7.62. The molecule has 1 amide bonds. The van der Waals surface area contributed by atoms with Gasteiger partial charge in [-0.2, -0.15) is 13.2 Å². The van der Waals surface area contributed by atoms with E-state index in [4.69, 9.17) is 20.5 Å². The Morgan fingerprint density at radius 2 is 1.80 bits per heavy atom. The van der Waals surface area contributed by atoms with Gasteiger partial charge in [0.05, 0.1) is 12.1 Å². The number of nitrogens with two attached hydrogens (primary N) is 1. The highest BCUT2D eigenvalue weighted by Crippen LogP contribution is 2.17. The van der Waals surface area contributed by atoms with E-state index in [-0.39, 0.29) is 5.91 Å². The van der Waals surface area contributed by atoms with Gasteiger partial charge in [-0.1, -0.05) is 30.3 Å². The van der Waals surface area contributed by atoms with Crippen molar-refractivity contribution in [2.24, 2.45) is 5.73 Å². The van der Waals surface area contributed by atoms with Crippen LogP contribution in [0.25, 0.3) is 0 Å².